The number of nitrogens with one attached hydrogen (secondary N) is 1. The van der Waals surface area contributed by atoms with E-state index in [0.717, 1.165) is 35.7 Å². The van der Waals surface area contributed by atoms with Crippen molar-refractivity contribution in [2.45, 2.75) is 38.5 Å². The molecule has 180 valence electrons. The van der Waals surface area contributed by atoms with Crippen LogP contribution in [0.15, 0.2) is 30.3 Å². The predicted molar refractivity (Wildman–Crippen MR) is 132 cm³/mol. The third-order valence-electron chi connectivity index (χ3n) is 6.54. The van der Waals surface area contributed by atoms with Gasteiger partial charge in [0.15, 0.2) is 23.1 Å². The number of fused-ring (bicyclic) bond motifs is 1. The fourth-order valence-electron chi connectivity index (χ4n) is 4.86. The van der Waals surface area contributed by atoms with E-state index in [2.05, 4.69) is 26.3 Å². The van der Waals surface area contributed by atoms with Gasteiger partial charge in [-0.05, 0) is 56.0 Å². The lowest BCUT2D eigenvalue weighted by Gasteiger charge is -2.27. The van der Waals surface area contributed by atoms with Gasteiger partial charge in [-0.3, -0.25) is 4.79 Å². The van der Waals surface area contributed by atoms with Gasteiger partial charge in [0.25, 0.3) is 0 Å². The molecule has 35 heavy (non-hydrogen) atoms. The van der Waals surface area contributed by atoms with Gasteiger partial charge in [0.05, 0.1) is 12.8 Å². The SMILES string of the molecule is C#CCOc1ccc([C@@H]2CC(=O)Nc3c2c(C)nn3-c2ccc(N3CCCCC3)nn2)cc1OC. The number of carbonyl (C=O) groups is 1. The van der Waals surface area contributed by atoms with E-state index in [1.807, 2.05) is 37.3 Å². The highest BCUT2D eigenvalue weighted by molar-refractivity contribution is 5.95. The minimum Gasteiger partial charge on any atom is -0.493 e. The Morgan fingerprint density at radius 2 is 1.89 bits per heavy atom. The molecule has 4 heterocycles. The average Bonchev–Trinajstić information content (AvgIpc) is 3.23. The van der Waals surface area contributed by atoms with Crippen LogP contribution in [-0.4, -0.2) is 52.7 Å². The van der Waals surface area contributed by atoms with Gasteiger partial charge in [-0.1, -0.05) is 12.0 Å². The van der Waals surface area contributed by atoms with Gasteiger partial charge in [0.2, 0.25) is 5.91 Å². The first-order valence-corrected chi connectivity index (χ1v) is 11.8. The molecule has 3 aromatic rings. The molecule has 1 N–H and O–H groups in total. The zero-order chi connectivity index (χ0) is 24.4. The second-order valence-corrected chi connectivity index (χ2v) is 8.76. The third-order valence-corrected chi connectivity index (χ3v) is 6.54. The molecule has 1 aromatic carbocycles. The summed E-state index contributed by atoms with van der Waals surface area (Å²) in [5.74, 6) is 5.35. The Hall–Kier alpha value is -4.06. The number of piperidine rings is 1. The molecule has 5 rings (SSSR count). The molecule has 1 atom stereocenters. The van der Waals surface area contributed by atoms with E-state index in [-0.39, 0.29) is 18.4 Å². The molecule has 0 bridgehead atoms. The number of benzene rings is 1. The number of aryl methyl sites for hydroxylation is 1. The Labute approximate surface area is 204 Å². The number of nitrogens with zero attached hydrogens (tertiary/aromatic N) is 5. The Bertz CT molecular complexity index is 1270. The topological polar surface area (TPSA) is 94.4 Å². The minimum atomic E-state index is -0.191. The number of rotatable bonds is 6. The molecule has 1 saturated heterocycles. The highest BCUT2D eigenvalue weighted by Crippen LogP contribution is 2.42. The van der Waals surface area contributed by atoms with Crippen LogP contribution in [0.4, 0.5) is 11.6 Å². The lowest BCUT2D eigenvalue weighted by molar-refractivity contribution is -0.116. The van der Waals surface area contributed by atoms with Crippen molar-refractivity contribution >= 4 is 17.5 Å². The average molecular weight is 473 g/mol. The van der Waals surface area contributed by atoms with Crippen LogP contribution in [0.2, 0.25) is 0 Å². The second kappa shape index (κ2) is 9.66. The number of methoxy groups -OCH3 is 1. The number of terminal acetylenes is 1. The first kappa shape index (κ1) is 22.7. The van der Waals surface area contributed by atoms with Gasteiger partial charge in [0.1, 0.15) is 12.4 Å². The molecular formula is C26H28N6O3. The smallest absolute Gasteiger partial charge is 0.226 e. The summed E-state index contributed by atoms with van der Waals surface area (Å²) in [6.07, 6.45) is 9.21. The van der Waals surface area contributed by atoms with Gasteiger partial charge < -0.3 is 19.7 Å². The Kier molecular flexibility index (Phi) is 6.27. The Morgan fingerprint density at radius 3 is 2.60 bits per heavy atom. The van der Waals surface area contributed by atoms with Crippen LogP contribution in [0, 0.1) is 19.3 Å². The van der Waals surface area contributed by atoms with Crippen LogP contribution in [0.5, 0.6) is 11.5 Å². The van der Waals surface area contributed by atoms with Crippen LogP contribution in [0.3, 0.4) is 0 Å². The van der Waals surface area contributed by atoms with Crippen molar-refractivity contribution in [2.24, 2.45) is 0 Å². The summed E-state index contributed by atoms with van der Waals surface area (Å²) in [5.41, 5.74) is 2.70. The van der Waals surface area contributed by atoms with Gasteiger partial charge in [-0.15, -0.1) is 16.6 Å². The molecule has 0 aliphatic carbocycles. The zero-order valence-electron chi connectivity index (χ0n) is 20.0. The molecule has 2 aliphatic heterocycles. The molecule has 9 heteroatoms. The summed E-state index contributed by atoms with van der Waals surface area (Å²) in [7, 11) is 1.58. The molecule has 2 aliphatic rings. The minimum absolute atomic E-state index is 0.0897. The Morgan fingerprint density at radius 1 is 1.11 bits per heavy atom. The van der Waals surface area contributed by atoms with E-state index in [1.54, 1.807) is 11.8 Å². The van der Waals surface area contributed by atoms with Crippen molar-refractivity contribution in [3.8, 4) is 29.7 Å². The molecule has 1 fully saturated rings. The monoisotopic (exact) mass is 472 g/mol. The molecular weight excluding hydrogens is 444 g/mol. The lowest BCUT2D eigenvalue weighted by atomic mass is 9.85. The van der Waals surface area contributed by atoms with E-state index in [1.165, 1.54) is 19.3 Å². The van der Waals surface area contributed by atoms with Crippen LogP contribution in [0.25, 0.3) is 5.82 Å². The van der Waals surface area contributed by atoms with Crippen molar-refractivity contribution in [3.63, 3.8) is 0 Å². The van der Waals surface area contributed by atoms with Crippen molar-refractivity contribution in [3.05, 3.63) is 47.2 Å². The highest BCUT2D eigenvalue weighted by atomic mass is 16.5. The standard InChI is InChI=1S/C26H28N6O3/c1-4-14-35-20-9-8-18(15-21(20)34-3)19-16-24(33)27-26-25(19)17(2)30-32(26)23-11-10-22(28-29-23)31-12-6-5-7-13-31/h1,8-11,15,19H,5-7,12-14,16H2,2-3H3,(H,27,33)/t19-/m0/s1. The van der Waals surface area contributed by atoms with Crippen LogP contribution < -0.4 is 19.7 Å². The maximum absolute atomic E-state index is 12.8. The fraction of sp³-hybridized carbons (Fsp3) is 0.385. The molecule has 0 radical (unpaired) electrons. The predicted octanol–water partition coefficient (Wildman–Crippen LogP) is 3.46. The van der Waals surface area contributed by atoms with Gasteiger partial charge >= 0.3 is 0 Å². The largest absolute Gasteiger partial charge is 0.493 e. The maximum atomic E-state index is 12.8. The second-order valence-electron chi connectivity index (χ2n) is 8.76. The Balaban J connectivity index is 1.49. The number of amides is 1. The first-order valence-electron chi connectivity index (χ1n) is 11.8. The van der Waals surface area contributed by atoms with Crippen molar-refractivity contribution in [2.75, 3.05) is 37.0 Å². The molecule has 0 saturated carbocycles. The third kappa shape index (κ3) is 4.39. The molecule has 9 nitrogen and oxygen atoms in total. The van der Waals surface area contributed by atoms with Gasteiger partial charge in [0, 0.05) is 31.0 Å². The summed E-state index contributed by atoms with van der Waals surface area (Å²) in [6, 6.07) is 9.52. The zero-order valence-corrected chi connectivity index (χ0v) is 20.0. The van der Waals surface area contributed by atoms with E-state index in [0.29, 0.717) is 29.6 Å². The first-order chi connectivity index (χ1) is 17.1. The maximum Gasteiger partial charge on any atom is 0.226 e. The van der Waals surface area contributed by atoms with Gasteiger partial charge in [-0.2, -0.15) is 9.78 Å². The number of ether oxygens (including phenoxy) is 2. The number of anilines is 2. The van der Waals surface area contributed by atoms with Crippen molar-refractivity contribution in [1.29, 1.82) is 0 Å². The van der Waals surface area contributed by atoms with Crippen LogP contribution in [0.1, 0.15) is 48.4 Å². The number of carbonyl (C=O) groups excluding carboxylic acids is 1. The van der Waals surface area contributed by atoms with Crippen LogP contribution in [-0.2, 0) is 4.79 Å². The van der Waals surface area contributed by atoms with E-state index in [4.69, 9.17) is 21.0 Å². The number of hydrogen-bond acceptors (Lipinski definition) is 7. The molecule has 0 spiro atoms. The van der Waals surface area contributed by atoms with Crippen LogP contribution >= 0.6 is 0 Å². The van der Waals surface area contributed by atoms with Crippen molar-refractivity contribution < 1.29 is 14.3 Å². The molecule has 0 unspecified atom stereocenters. The molecule has 2 aromatic heterocycles. The summed E-state index contributed by atoms with van der Waals surface area (Å²) >= 11 is 0. The molecule has 1 amide bonds. The quantitative estimate of drug-likeness (QED) is 0.549. The summed E-state index contributed by atoms with van der Waals surface area (Å²) in [4.78, 5) is 15.0. The fourth-order valence-corrected chi connectivity index (χ4v) is 4.86. The van der Waals surface area contributed by atoms with E-state index >= 15 is 0 Å². The highest BCUT2D eigenvalue weighted by Gasteiger charge is 2.33. The summed E-state index contributed by atoms with van der Waals surface area (Å²) in [6.45, 7) is 4.09. The summed E-state index contributed by atoms with van der Waals surface area (Å²) < 4.78 is 12.8. The number of aromatic nitrogens is 4. The number of hydrogen-bond donors (Lipinski definition) is 1. The van der Waals surface area contributed by atoms with E-state index < -0.39 is 0 Å². The van der Waals surface area contributed by atoms with Crippen molar-refractivity contribution in [1.82, 2.24) is 20.0 Å². The summed E-state index contributed by atoms with van der Waals surface area (Å²) in [5, 5.41) is 16.6. The van der Waals surface area contributed by atoms with Gasteiger partial charge in [-0.25, -0.2) is 0 Å². The normalized spacial score (nSPS) is 17.3. The lowest BCUT2D eigenvalue weighted by Crippen LogP contribution is -2.30. The van der Waals surface area contributed by atoms with E-state index in [9.17, 15) is 4.79 Å².